The number of halogens is 1. The molecule has 1 nitrogen and oxygen atoms in total. The summed E-state index contributed by atoms with van der Waals surface area (Å²) in [5.41, 5.74) is 0. The Kier molecular flexibility index (Phi) is 1.61. The summed E-state index contributed by atoms with van der Waals surface area (Å²) < 4.78 is 5.36. The number of methoxy groups -OCH3 is 1. The third-order valence-corrected chi connectivity index (χ3v) is 3.77. The van der Waals surface area contributed by atoms with E-state index in [1.165, 1.54) is 6.42 Å². The summed E-state index contributed by atoms with van der Waals surface area (Å²) in [7, 11) is 1.80. The second kappa shape index (κ2) is 2.35. The van der Waals surface area contributed by atoms with Crippen LogP contribution in [0.2, 0.25) is 0 Å². The van der Waals surface area contributed by atoms with E-state index in [1.54, 1.807) is 7.11 Å². The Balaban J connectivity index is 2.18. The predicted molar refractivity (Wildman–Crippen MR) is 44.2 cm³/mol. The van der Waals surface area contributed by atoms with Crippen molar-refractivity contribution in [2.75, 3.05) is 7.11 Å². The molecule has 0 aromatic rings. The Morgan fingerprint density at radius 1 is 1.40 bits per heavy atom. The Morgan fingerprint density at radius 3 is 2.50 bits per heavy atom. The molecule has 10 heavy (non-hydrogen) atoms. The lowest BCUT2D eigenvalue weighted by molar-refractivity contribution is 0.0880. The first kappa shape index (κ1) is 6.86. The van der Waals surface area contributed by atoms with Crippen molar-refractivity contribution in [2.24, 2.45) is 11.8 Å². The van der Waals surface area contributed by atoms with Crippen molar-refractivity contribution in [3.05, 3.63) is 12.2 Å². The van der Waals surface area contributed by atoms with E-state index in [-0.39, 0.29) is 0 Å². The highest BCUT2D eigenvalue weighted by atomic mass is 79.9. The Bertz CT molecular complexity index is 167. The van der Waals surface area contributed by atoms with Gasteiger partial charge < -0.3 is 4.74 Å². The molecule has 1 fully saturated rings. The topological polar surface area (TPSA) is 9.23 Å². The van der Waals surface area contributed by atoms with Crippen molar-refractivity contribution in [2.45, 2.75) is 17.4 Å². The second-order valence-corrected chi connectivity index (χ2v) is 4.15. The minimum atomic E-state index is 0.426. The quantitative estimate of drug-likeness (QED) is 0.467. The highest BCUT2D eigenvalue weighted by molar-refractivity contribution is 9.09. The van der Waals surface area contributed by atoms with Crippen LogP contribution in [0.3, 0.4) is 0 Å². The Hall–Kier alpha value is 0.180. The number of ether oxygens (including phenoxy) is 1. The Labute approximate surface area is 69.6 Å². The molecule has 0 aromatic heterocycles. The number of fused-ring (bicyclic) bond motifs is 2. The van der Waals surface area contributed by atoms with Gasteiger partial charge in [0.2, 0.25) is 0 Å². The molecule has 0 saturated heterocycles. The minimum absolute atomic E-state index is 0.426. The van der Waals surface area contributed by atoms with Crippen molar-refractivity contribution in [3.63, 3.8) is 0 Å². The van der Waals surface area contributed by atoms with E-state index in [1.807, 2.05) is 0 Å². The molecule has 0 aliphatic heterocycles. The standard InChI is InChI=1S/C8H11BrO/c1-10-8-6-3-2-5(4-6)7(8)9/h2-3,5-8H,4H2,1H3/t5-,6+,7+,8-/m1/s1. The summed E-state index contributed by atoms with van der Waals surface area (Å²) in [4.78, 5) is 0.562. The molecule has 2 heteroatoms. The van der Waals surface area contributed by atoms with Crippen LogP contribution < -0.4 is 0 Å². The number of rotatable bonds is 1. The first-order chi connectivity index (χ1) is 4.83. The molecule has 0 radical (unpaired) electrons. The maximum absolute atomic E-state index is 5.36. The van der Waals surface area contributed by atoms with Gasteiger partial charge in [-0.15, -0.1) is 0 Å². The lowest BCUT2D eigenvalue weighted by atomic mass is 10.0. The molecule has 1 saturated carbocycles. The first-order valence-corrected chi connectivity index (χ1v) is 4.59. The van der Waals surface area contributed by atoms with Crippen molar-refractivity contribution in [1.82, 2.24) is 0 Å². The third kappa shape index (κ3) is 0.785. The number of alkyl halides is 1. The molecule has 4 atom stereocenters. The largest absolute Gasteiger partial charge is 0.380 e. The van der Waals surface area contributed by atoms with Gasteiger partial charge in [0.15, 0.2) is 0 Å². The van der Waals surface area contributed by atoms with Gasteiger partial charge in [-0.05, 0) is 12.3 Å². The highest BCUT2D eigenvalue weighted by Gasteiger charge is 2.43. The fraction of sp³-hybridized carbons (Fsp3) is 0.750. The van der Waals surface area contributed by atoms with Crippen LogP contribution in [0.25, 0.3) is 0 Å². The van der Waals surface area contributed by atoms with E-state index in [2.05, 4.69) is 28.1 Å². The van der Waals surface area contributed by atoms with Gasteiger partial charge in [-0.3, -0.25) is 0 Å². The molecule has 0 aromatic carbocycles. The van der Waals surface area contributed by atoms with Gasteiger partial charge in [-0.1, -0.05) is 28.1 Å². The zero-order chi connectivity index (χ0) is 7.14. The van der Waals surface area contributed by atoms with E-state index < -0.39 is 0 Å². The molecule has 2 bridgehead atoms. The lowest BCUT2D eigenvalue weighted by Gasteiger charge is -2.21. The zero-order valence-electron chi connectivity index (χ0n) is 5.96. The molecular weight excluding hydrogens is 192 g/mol. The zero-order valence-corrected chi connectivity index (χ0v) is 7.54. The molecule has 0 spiro atoms. The van der Waals surface area contributed by atoms with Crippen LogP contribution >= 0.6 is 15.9 Å². The van der Waals surface area contributed by atoms with Crippen LogP contribution in [0.5, 0.6) is 0 Å². The molecule has 0 amide bonds. The van der Waals surface area contributed by atoms with Crippen molar-refractivity contribution in [3.8, 4) is 0 Å². The molecular formula is C8H11BrO. The van der Waals surface area contributed by atoms with Crippen LogP contribution in [0.4, 0.5) is 0 Å². The van der Waals surface area contributed by atoms with E-state index >= 15 is 0 Å². The molecule has 0 unspecified atom stereocenters. The van der Waals surface area contributed by atoms with Crippen LogP contribution in [-0.2, 0) is 4.74 Å². The summed E-state index contributed by atoms with van der Waals surface area (Å²) in [5.74, 6) is 1.41. The molecule has 2 aliphatic carbocycles. The second-order valence-electron chi connectivity index (χ2n) is 3.09. The number of hydrogen-bond donors (Lipinski definition) is 0. The van der Waals surface area contributed by atoms with Gasteiger partial charge in [0.25, 0.3) is 0 Å². The van der Waals surface area contributed by atoms with Gasteiger partial charge in [0.1, 0.15) is 0 Å². The molecule has 2 rings (SSSR count). The maximum Gasteiger partial charge on any atom is 0.0764 e. The fourth-order valence-electron chi connectivity index (χ4n) is 2.02. The van der Waals surface area contributed by atoms with Gasteiger partial charge in [-0.2, -0.15) is 0 Å². The third-order valence-electron chi connectivity index (χ3n) is 2.57. The van der Waals surface area contributed by atoms with Gasteiger partial charge in [0.05, 0.1) is 6.10 Å². The predicted octanol–water partition coefficient (Wildman–Crippen LogP) is 1.97. The number of allylic oxidation sites excluding steroid dienone is 1. The summed E-state index contributed by atoms with van der Waals surface area (Å²) in [5, 5.41) is 0. The maximum atomic E-state index is 5.36. The van der Waals surface area contributed by atoms with E-state index in [9.17, 15) is 0 Å². The smallest absolute Gasteiger partial charge is 0.0764 e. The summed E-state index contributed by atoms with van der Waals surface area (Å²) in [6, 6.07) is 0. The monoisotopic (exact) mass is 202 g/mol. The molecule has 56 valence electrons. The minimum Gasteiger partial charge on any atom is -0.380 e. The van der Waals surface area contributed by atoms with Crippen molar-refractivity contribution < 1.29 is 4.74 Å². The van der Waals surface area contributed by atoms with Crippen molar-refractivity contribution >= 4 is 15.9 Å². The molecule has 0 N–H and O–H groups in total. The lowest BCUT2D eigenvalue weighted by Crippen LogP contribution is -2.26. The normalized spacial score (nSPS) is 50.6. The molecule has 0 heterocycles. The van der Waals surface area contributed by atoms with Gasteiger partial charge >= 0.3 is 0 Å². The summed E-state index contributed by atoms with van der Waals surface area (Å²) in [6.07, 6.45) is 6.31. The van der Waals surface area contributed by atoms with Crippen molar-refractivity contribution in [1.29, 1.82) is 0 Å². The van der Waals surface area contributed by atoms with Gasteiger partial charge in [0, 0.05) is 17.9 Å². The van der Waals surface area contributed by atoms with Crippen LogP contribution in [0, 0.1) is 11.8 Å². The van der Waals surface area contributed by atoms with E-state index in [0.717, 1.165) is 5.92 Å². The number of hydrogen-bond acceptors (Lipinski definition) is 1. The summed E-state index contributed by atoms with van der Waals surface area (Å²) in [6.45, 7) is 0. The summed E-state index contributed by atoms with van der Waals surface area (Å²) >= 11 is 3.65. The SMILES string of the molecule is CO[C@H]1[C@@H](Br)[C@@H]2C=C[C@H]1C2. The first-order valence-electron chi connectivity index (χ1n) is 3.68. The van der Waals surface area contributed by atoms with Crippen LogP contribution in [-0.4, -0.2) is 18.0 Å². The van der Waals surface area contributed by atoms with Gasteiger partial charge in [-0.25, -0.2) is 0 Å². The van der Waals surface area contributed by atoms with E-state index in [4.69, 9.17) is 4.74 Å². The van der Waals surface area contributed by atoms with E-state index in [0.29, 0.717) is 16.8 Å². The average Bonchev–Trinajstić information content (AvgIpc) is 2.46. The highest BCUT2D eigenvalue weighted by Crippen LogP contribution is 2.44. The average molecular weight is 203 g/mol. The van der Waals surface area contributed by atoms with Crippen LogP contribution in [0.15, 0.2) is 12.2 Å². The molecule has 2 aliphatic rings. The Morgan fingerprint density at radius 2 is 2.10 bits per heavy atom. The van der Waals surface area contributed by atoms with Crippen LogP contribution in [0.1, 0.15) is 6.42 Å². The fourth-order valence-corrected chi connectivity index (χ4v) is 3.02.